The number of rotatable bonds is 3. The Kier molecular flexibility index (Phi) is 2.24. The maximum Gasteiger partial charge on any atom is 0.254 e. The fraction of sp³-hybridized carbons (Fsp3) is 0.571. The van der Waals surface area contributed by atoms with E-state index in [-0.39, 0.29) is 6.23 Å². The first kappa shape index (κ1) is 7.57. The van der Waals surface area contributed by atoms with Crippen LogP contribution in [0.3, 0.4) is 0 Å². The second-order valence-electron chi connectivity index (χ2n) is 2.46. The van der Waals surface area contributed by atoms with E-state index < -0.39 is 0 Å². The van der Waals surface area contributed by atoms with Gasteiger partial charge in [0.1, 0.15) is 19.1 Å². The van der Waals surface area contributed by atoms with Gasteiger partial charge in [-0.1, -0.05) is 0 Å². The van der Waals surface area contributed by atoms with Gasteiger partial charge in [-0.15, -0.1) is 0 Å². The number of ether oxygens (including phenoxy) is 2. The molecular formula is C7H10N2O3. The molecule has 1 fully saturated rings. The quantitative estimate of drug-likeness (QED) is 0.692. The Bertz CT molecular complexity index is 219. The van der Waals surface area contributed by atoms with Crippen molar-refractivity contribution < 1.29 is 14.0 Å². The monoisotopic (exact) mass is 170 g/mol. The third-order valence-electron chi connectivity index (χ3n) is 1.59. The number of nitrogens with one attached hydrogen (secondary N) is 1. The third-order valence-corrected chi connectivity index (χ3v) is 1.59. The van der Waals surface area contributed by atoms with E-state index in [1.807, 2.05) is 0 Å². The maximum absolute atomic E-state index is 5.26. The van der Waals surface area contributed by atoms with Crippen LogP contribution >= 0.6 is 0 Å². The second kappa shape index (κ2) is 3.55. The summed E-state index contributed by atoms with van der Waals surface area (Å²) in [5.41, 5.74) is 0. The molecule has 0 unspecified atom stereocenters. The van der Waals surface area contributed by atoms with E-state index in [4.69, 9.17) is 9.47 Å². The molecule has 12 heavy (non-hydrogen) atoms. The Morgan fingerprint density at radius 3 is 3.42 bits per heavy atom. The van der Waals surface area contributed by atoms with Crippen LogP contribution in [0.25, 0.3) is 0 Å². The first-order valence-corrected chi connectivity index (χ1v) is 3.83. The van der Waals surface area contributed by atoms with E-state index in [2.05, 4.69) is 15.0 Å². The average Bonchev–Trinajstić information content (AvgIpc) is 2.74. The zero-order chi connectivity index (χ0) is 8.23. The van der Waals surface area contributed by atoms with Gasteiger partial charge in [-0.3, -0.25) is 5.32 Å². The highest BCUT2D eigenvalue weighted by Gasteiger charge is 2.14. The van der Waals surface area contributed by atoms with Crippen LogP contribution in [0, 0.1) is 0 Å². The summed E-state index contributed by atoms with van der Waals surface area (Å²) < 4.78 is 15.1. The van der Waals surface area contributed by atoms with Crippen molar-refractivity contribution in [2.75, 3.05) is 19.8 Å². The topological polar surface area (TPSA) is 56.5 Å². The lowest BCUT2D eigenvalue weighted by Gasteiger charge is -2.08. The van der Waals surface area contributed by atoms with E-state index >= 15 is 0 Å². The Morgan fingerprint density at radius 2 is 2.75 bits per heavy atom. The molecule has 1 aliphatic rings. The number of hydrogen-bond acceptors (Lipinski definition) is 5. The predicted molar refractivity (Wildman–Crippen MR) is 39.7 cm³/mol. The fourth-order valence-corrected chi connectivity index (χ4v) is 1.02. The molecular weight excluding hydrogens is 160 g/mol. The van der Waals surface area contributed by atoms with Crippen LogP contribution < -0.4 is 10.1 Å². The molecule has 1 saturated heterocycles. The maximum atomic E-state index is 5.26. The van der Waals surface area contributed by atoms with E-state index in [9.17, 15) is 0 Å². The number of hydrogen-bond donors (Lipinski definition) is 1. The molecule has 0 radical (unpaired) electrons. The summed E-state index contributed by atoms with van der Waals surface area (Å²) in [6.45, 7) is 2.09. The van der Waals surface area contributed by atoms with Crippen molar-refractivity contribution >= 4 is 0 Å². The van der Waals surface area contributed by atoms with Crippen molar-refractivity contribution in [3.05, 3.63) is 12.3 Å². The summed E-state index contributed by atoms with van der Waals surface area (Å²) in [5.74, 6) is 0.493. The lowest BCUT2D eigenvalue weighted by atomic mass is 10.6. The standard InChI is InChI=1S/C7H10N2O3/c1-3-12-9-6(1)11-5-7-8-2-4-10-7/h1,3,7-8H,2,4-5H2/t7-/m1/s1. The Morgan fingerprint density at radius 1 is 1.75 bits per heavy atom. The van der Waals surface area contributed by atoms with E-state index in [1.165, 1.54) is 6.26 Å². The van der Waals surface area contributed by atoms with Crippen molar-refractivity contribution in [2.45, 2.75) is 6.23 Å². The van der Waals surface area contributed by atoms with Gasteiger partial charge in [-0.25, -0.2) is 0 Å². The molecule has 1 atom stereocenters. The zero-order valence-electron chi connectivity index (χ0n) is 6.53. The summed E-state index contributed by atoms with van der Waals surface area (Å²) in [5, 5.41) is 6.71. The Balaban J connectivity index is 1.74. The molecule has 0 bridgehead atoms. The molecule has 0 aliphatic carbocycles. The summed E-state index contributed by atoms with van der Waals surface area (Å²) in [6.07, 6.45) is 1.46. The molecule has 1 aromatic rings. The first-order chi connectivity index (χ1) is 5.95. The van der Waals surface area contributed by atoms with Gasteiger partial charge in [0, 0.05) is 12.6 Å². The van der Waals surface area contributed by atoms with Gasteiger partial charge < -0.3 is 14.0 Å². The second-order valence-corrected chi connectivity index (χ2v) is 2.46. The Labute approximate surface area is 69.6 Å². The summed E-state index contributed by atoms with van der Waals surface area (Å²) in [7, 11) is 0. The lowest BCUT2D eigenvalue weighted by molar-refractivity contribution is 0.0553. The minimum absolute atomic E-state index is 0.0123. The molecule has 0 amide bonds. The number of aromatic nitrogens is 1. The predicted octanol–water partition coefficient (Wildman–Crippen LogP) is -0.000700. The molecule has 0 saturated carbocycles. The van der Waals surface area contributed by atoms with E-state index in [0.29, 0.717) is 12.5 Å². The van der Waals surface area contributed by atoms with Gasteiger partial charge >= 0.3 is 0 Å². The molecule has 1 aromatic heterocycles. The average molecular weight is 170 g/mol. The summed E-state index contributed by atoms with van der Waals surface area (Å²) in [6, 6.07) is 1.66. The van der Waals surface area contributed by atoms with Gasteiger partial charge in [0.15, 0.2) is 0 Å². The third kappa shape index (κ3) is 1.75. The van der Waals surface area contributed by atoms with Gasteiger partial charge in [-0.05, 0) is 5.16 Å². The van der Waals surface area contributed by atoms with E-state index in [0.717, 1.165) is 13.2 Å². The highest BCUT2D eigenvalue weighted by atomic mass is 16.6. The van der Waals surface area contributed by atoms with Crippen LogP contribution in [-0.4, -0.2) is 31.1 Å². The van der Waals surface area contributed by atoms with Crippen LogP contribution in [0.4, 0.5) is 0 Å². The van der Waals surface area contributed by atoms with E-state index in [1.54, 1.807) is 6.07 Å². The van der Waals surface area contributed by atoms with Crippen molar-refractivity contribution in [1.29, 1.82) is 0 Å². The zero-order valence-corrected chi connectivity index (χ0v) is 6.53. The SMILES string of the molecule is c1cc(OC[C@@H]2NCCO2)no1. The highest BCUT2D eigenvalue weighted by molar-refractivity contribution is 5.01. The molecule has 2 rings (SSSR count). The molecule has 66 valence electrons. The van der Waals surface area contributed by atoms with Crippen LogP contribution in [0.2, 0.25) is 0 Å². The van der Waals surface area contributed by atoms with Crippen LogP contribution in [0.5, 0.6) is 5.88 Å². The Hall–Kier alpha value is -1.07. The largest absolute Gasteiger partial charge is 0.471 e. The minimum atomic E-state index is -0.0123. The number of nitrogens with zero attached hydrogens (tertiary/aromatic N) is 1. The minimum Gasteiger partial charge on any atom is -0.471 e. The smallest absolute Gasteiger partial charge is 0.254 e. The van der Waals surface area contributed by atoms with Crippen molar-refractivity contribution in [3.63, 3.8) is 0 Å². The van der Waals surface area contributed by atoms with Gasteiger partial charge in [0.05, 0.1) is 6.61 Å². The molecule has 1 N–H and O–H groups in total. The van der Waals surface area contributed by atoms with Crippen LogP contribution in [0.15, 0.2) is 16.9 Å². The fourth-order valence-electron chi connectivity index (χ4n) is 1.02. The van der Waals surface area contributed by atoms with Gasteiger partial charge in [0.25, 0.3) is 5.88 Å². The molecule has 0 aromatic carbocycles. The highest BCUT2D eigenvalue weighted by Crippen LogP contribution is 2.05. The van der Waals surface area contributed by atoms with Crippen LogP contribution in [-0.2, 0) is 4.74 Å². The normalized spacial score (nSPS) is 22.8. The van der Waals surface area contributed by atoms with Crippen molar-refractivity contribution in [2.24, 2.45) is 0 Å². The summed E-state index contributed by atoms with van der Waals surface area (Å²) in [4.78, 5) is 0. The van der Waals surface area contributed by atoms with Crippen molar-refractivity contribution in [1.82, 2.24) is 10.5 Å². The summed E-state index contributed by atoms with van der Waals surface area (Å²) >= 11 is 0. The molecule has 1 aliphatic heterocycles. The molecule has 5 heteroatoms. The van der Waals surface area contributed by atoms with Crippen LogP contribution in [0.1, 0.15) is 0 Å². The molecule has 2 heterocycles. The van der Waals surface area contributed by atoms with Gasteiger partial charge in [0.2, 0.25) is 0 Å². The lowest BCUT2D eigenvalue weighted by Crippen LogP contribution is -2.29. The van der Waals surface area contributed by atoms with Gasteiger partial charge in [-0.2, -0.15) is 0 Å². The van der Waals surface area contributed by atoms with Crippen molar-refractivity contribution in [3.8, 4) is 5.88 Å². The first-order valence-electron chi connectivity index (χ1n) is 3.83. The molecule has 5 nitrogen and oxygen atoms in total. The molecule has 0 spiro atoms.